The lowest BCUT2D eigenvalue weighted by Gasteiger charge is -2.13. The molecular weight excluding hydrogens is 272 g/mol. The summed E-state index contributed by atoms with van der Waals surface area (Å²) >= 11 is 0. The Hall–Kier alpha value is -2.41. The van der Waals surface area contributed by atoms with Crippen molar-refractivity contribution in [3.63, 3.8) is 0 Å². The van der Waals surface area contributed by atoms with Crippen LogP contribution in [0.3, 0.4) is 0 Å². The van der Waals surface area contributed by atoms with Gasteiger partial charge in [-0.2, -0.15) is 0 Å². The lowest BCUT2D eigenvalue weighted by Crippen LogP contribution is -2.36. The molecule has 0 aliphatic carbocycles. The zero-order valence-corrected chi connectivity index (χ0v) is 11.8. The van der Waals surface area contributed by atoms with Crippen LogP contribution >= 0.6 is 0 Å². The average Bonchev–Trinajstić information content (AvgIpc) is 2.93. The van der Waals surface area contributed by atoms with Gasteiger partial charge in [0.2, 0.25) is 0 Å². The summed E-state index contributed by atoms with van der Waals surface area (Å²) in [6, 6.07) is 9.31. The fraction of sp³-hybridized carbons (Fsp3) is 0.357. The summed E-state index contributed by atoms with van der Waals surface area (Å²) in [7, 11) is 0. The number of aliphatic hydroxyl groups is 1. The highest BCUT2D eigenvalue weighted by Gasteiger charge is 2.10. The van der Waals surface area contributed by atoms with Gasteiger partial charge in [-0.05, 0) is 12.5 Å². The fourth-order valence-electron chi connectivity index (χ4n) is 1.79. The fourth-order valence-corrected chi connectivity index (χ4v) is 1.79. The predicted molar refractivity (Wildman–Crippen MR) is 75.2 cm³/mol. The summed E-state index contributed by atoms with van der Waals surface area (Å²) in [4.78, 5) is 11.7. The van der Waals surface area contributed by atoms with E-state index in [-0.39, 0.29) is 19.3 Å². The van der Waals surface area contributed by atoms with Gasteiger partial charge in [0, 0.05) is 6.04 Å². The van der Waals surface area contributed by atoms with E-state index in [9.17, 15) is 4.79 Å². The van der Waals surface area contributed by atoms with E-state index >= 15 is 0 Å². The van der Waals surface area contributed by atoms with Crippen molar-refractivity contribution < 1.29 is 14.6 Å². The van der Waals surface area contributed by atoms with Gasteiger partial charge in [-0.1, -0.05) is 35.5 Å². The molecule has 2 rings (SSSR count). The Balaban J connectivity index is 1.74. The van der Waals surface area contributed by atoms with Gasteiger partial charge >= 0.3 is 6.09 Å². The molecule has 0 saturated heterocycles. The normalized spacial score (nSPS) is 11.9. The Morgan fingerprint density at radius 2 is 2.19 bits per heavy atom. The van der Waals surface area contributed by atoms with Crippen LogP contribution in [0.5, 0.6) is 0 Å². The van der Waals surface area contributed by atoms with Gasteiger partial charge in [-0.15, -0.1) is 5.10 Å². The van der Waals surface area contributed by atoms with Crippen molar-refractivity contribution in [3.8, 4) is 0 Å². The number of carbonyl (C=O) groups excluding carboxylic acids is 1. The third kappa shape index (κ3) is 4.88. The zero-order chi connectivity index (χ0) is 15.1. The van der Waals surface area contributed by atoms with E-state index in [4.69, 9.17) is 9.84 Å². The highest BCUT2D eigenvalue weighted by molar-refractivity contribution is 5.67. The number of amides is 1. The molecule has 0 unspecified atom stereocenters. The molecule has 1 aromatic heterocycles. The largest absolute Gasteiger partial charge is 0.445 e. The molecule has 0 aliphatic heterocycles. The minimum atomic E-state index is -0.478. The average molecular weight is 290 g/mol. The van der Waals surface area contributed by atoms with Gasteiger partial charge in [0.1, 0.15) is 12.3 Å². The second-order valence-corrected chi connectivity index (χ2v) is 4.70. The summed E-state index contributed by atoms with van der Waals surface area (Å²) in [6.45, 7) is 2.37. The molecule has 1 atom stereocenters. The van der Waals surface area contributed by atoms with Crippen LogP contribution in [0.25, 0.3) is 0 Å². The van der Waals surface area contributed by atoms with Crippen molar-refractivity contribution >= 4 is 6.09 Å². The Morgan fingerprint density at radius 3 is 2.86 bits per heavy atom. The predicted octanol–water partition coefficient (Wildman–Crippen LogP) is 1.09. The molecular formula is C14H18N4O3. The van der Waals surface area contributed by atoms with Crippen LogP contribution in [0.4, 0.5) is 4.79 Å². The number of benzene rings is 1. The number of hydrogen-bond acceptors (Lipinski definition) is 5. The maximum absolute atomic E-state index is 11.7. The van der Waals surface area contributed by atoms with Crippen LogP contribution < -0.4 is 5.32 Å². The first-order chi connectivity index (χ1) is 10.2. The van der Waals surface area contributed by atoms with Crippen molar-refractivity contribution in [3.05, 3.63) is 47.8 Å². The van der Waals surface area contributed by atoms with E-state index in [1.54, 1.807) is 10.9 Å². The molecule has 0 aliphatic rings. The number of ether oxygens (including phenoxy) is 1. The third-order valence-electron chi connectivity index (χ3n) is 2.79. The van der Waals surface area contributed by atoms with E-state index in [1.807, 2.05) is 37.3 Å². The van der Waals surface area contributed by atoms with Gasteiger partial charge in [0.25, 0.3) is 0 Å². The molecule has 2 aromatic rings. The molecule has 7 nitrogen and oxygen atoms in total. The van der Waals surface area contributed by atoms with Gasteiger partial charge in [-0.3, -0.25) is 4.68 Å². The van der Waals surface area contributed by atoms with Crippen molar-refractivity contribution in [1.82, 2.24) is 20.3 Å². The van der Waals surface area contributed by atoms with Crippen LogP contribution in [0.2, 0.25) is 0 Å². The van der Waals surface area contributed by atoms with Crippen LogP contribution in [-0.2, 0) is 24.5 Å². The Morgan fingerprint density at radius 1 is 1.43 bits per heavy atom. The molecule has 1 aromatic carbocycles. The molecule has 7 heteroatoms. The Labute approximate surface area is 122 Å². The number of aromatic nitrogens is 3. The number of nitrogens with one attached hydrogen (secondary N) is 1. The Bertz CT molecular complexity index is 571. The van der Waals surface area contributed by atoms with E-state index in [2.05, 4.69) is 15.6 Å². The van der Waals surface area contributed by atoms with Crippen molar-refractivity contribution in [2.75, 3.05) is 0 Å². The molecule has 0 spiro atoms. The topological polar surface area (TPSA) is 89.3 Å². The summed E-state index contributed by atoms with van der Waals surface area (Å²) in [5, 5.41) is 19.2. The molecule has 1 amide bonds. The van der Waals surface area contributed by atoms with Crippen molar-refractivity contribution in [1.29, 1.82) is 0 Å². The number of rotatable bonds is 6. The van der Waals surface area contributed by atoms with Crippen LogP contribution in [0.1, 0.15) is 18.2 Å². The molecule has 0 radical (unpaired) electrons. The molecule has 112 valence electrons. The number of aliphatic hydroxyl groups excluding tert-OH is 1. The molecule has 2 N–H and O–H groups in total. The quantitative estimate of drug-likeness (QED) is 0.831. The van der Waals surface area contributed by atoms with E-state index in [1.165, 1.54) is 0 Å². The number of nitrogens with zero attached hydrogens (tertiary/aromatic N) is 3. The maximum Gasteiger partial charge on any atom is 0.407 e. The van der Waals surface area contributed by atoms with E-state index in [0.717, 1.165) is 5.56 Å². The van der Waals surface area contributed by atoms with Gasteiger partial charge in [0.05, 0.1) is 19.3 Å². The van der Waals surface area contributed by atoms with E-state index in [0.29, 0.717) is 12.2 Å². The zero-order valence-electron chi connectivity index (χ0n) is 11.8. The molecule has 1 heterocycles. The highest BCUT2D eigenvalue weighted by Crippen LogP contribution is 2.01. The summed E-state index contributed by atoms with van der Waals surface area (Å²) in [5.74, 6) is 0. The minimum Gasteiger partial charge on any atom is -0.445 e. The lowest BCUT2D eigenvalue weighted by molar-refractivity contribution is 0.135. The number of hydrogen-bond donors (Lipinski definition) is 2. The van der Waals surface area contributed by atoms with Gasteiger partial charge < -0.3 is 15.2 Å². The number of carbonyl (C=O) groups is 1. The minimum absolute atomic E-state index is 0.152. The second kappa shape index (κ2) is 7.39. The monoisotopic (exact) mass is 290 g/mol. The van der Waals surface area contributed by atoms with Gasteiger partial charge in [0.15, 0.2) is 0 Å². The smallest absolute Gasteiger partial charge is 0.407 e. The van der Waals surface area contributed by atoms with E-state index < -0.39 is 6.09 Å². The summed E-state index contributed by atoms with van der Waals surface area (Å²) in [5.41, 5.74) is 1.43. The first-order valence-corrected chi connectivity index (χ1v) is 6.64. The number of alkyl carbamates (subject to hydrolysis) is 1. The Kier molecular flexibility index (Phi) is 5.28. The standard InChI is InChI=1S/C14H18N4O3/c1-11(7-18-8-13(9-19)16-17-18)15-14(20)21-10-12-5-3-2-4-6-12/h2-6,8,11,19H,7,9-10H2,1H3,(H,15,20)/t11-/m0/s1. The van der Waals surface area contributed by atoms with Crippen molar-refractivity contribution in [2.45, 2.75) is 32.7 Å². The maximum atomic E-state index is 11.7. The molecule has 21 heavy (non-hydrogen) atoms. The highest BCUT2D eigenvalue weighted by atomic mass is 16.5. The molecule has 0 saturated carbocycles. The first kappa shape index (κ1) is 15.0. The third-order valence-corrected chi connectivity index (χ3v) is 2.79. The second-order valence-electron chi connectivity index (χ2n) is 4.70. The van der Waals surface area contributed by atoms with Crippen LogP contribution in [-0.4, -0.2) is 32.2 Å². The summed E-state index contributed by atoms with van der Waals surface area (Å²) in [6.07, 6.45) is 1.15. The molecule has 0 bridgehead atoms. The summed E-state index contributed by atoms with van der Waals surface area (Å²) < 4.78 is 6.69. The van der Waals surface area contributed by atoms with Crippen LogP contribution in [0.15, 0.2) is 36.5 Å². The first-order valence-electron chi connectivity index (χ1n) is 6.64. The molecule has 0 fully saturated rings. The SMILES string of the molecule is C[C@@H](Cn1cc(CO)nn1)NC(=O)OCc1ccccc1. The van der Waals surface area contributed by atoms with Crippen molar-refractivity contribution in [2.24, 2.45) is 0 Å². The van der Waals surface area contributed by atoms with Gasteiger partial charge in [-0.25, -0.2) is 4.79 Å². The van der Waals surface area contributed by atoms with Crippen LogP contribution in [0, 0.1) is 0 Å². The lowest BCUT2D eigenvalue weighted by atomic mass is 10.2.